The van der Waals surface area contributed by atoms with Gasteiger partial charge >= 0.3 is 6.03 Å². The average molecular weight is 300 g/mol. The zero-order chi connectivity index (χ0) is 15.4. The molecule has 2 amide bonds. The Bertz CT molecular complexity index is 502. The Hall–Kier alpha value is -1.89. The van der Waals surface area contributed by atoms with Crippen molar-refractivity contribution in [2.45, 2.75) is 25.3 Å². The molecule has 1 aromatic carbocycles. The van der Waals surface area contributed by atoms with Crippen LogP contribution in [-0.4, -0.2) is 30.9 Å². The Labute approximate surface area is 121 Å². The summed E-state index contributed by atoms with van der Waals surface area (Å²) in [4.78, 5) is 11.8. The fraction of sp³-hybridized carbons (Fsp3) is 0.500. The summed E-state index contributed by atoms with van der Waals surface area (Å²) in [5.74, 6) is -2.24. The molecule has 0 radical (unpaired) electrons. The second-order valence-electron chi connectivity index (χ2n) is 5.05. The minimum atomic E-state index is -0.887. The van der Waals surface area contributed by atoms with Crippen molar-refractivity contribution < 1.29 is 23.4 Å². The maximum atomic E-state index is 13.5. The molecule has 0 aliphatic heterocycles. The van der Waals surface area contributed by atoms with Gasteiger partial charge in [0.25, 0.3) is 0 Å². The van der Waals surface area contributed by atoms with Crippen LogP contribution in [0.4, 0.5) is 19.3 Å². The number of methoxy groups -OCH3 is 1. The van der Waals surface area contributed by atoms with Crippen molar-refractivity contribution in [1.29, 1.82) is 0 Å². The standard InChI is InChI=1S/C14H18F2N2O3/c1-21-13-10(15)5-9(6-11(13)16)17-14(20)18-12-4-2-3-8(12)7-19/h5-6,8,12,19H,2-4,7H2,1H3,(H2,17,18,20)/t8-,12-/m1/s1. The van der Waals surface area contributed by atoms with Crippen LogP contribution in [0.2, 0.25) is 0 Å². The number of benzene rings is 1. The molecule has 0 saturated heterocycles. The van der Waals surface area contributed by atoms with Crippen molar-refractivity contribution in [3.05, 3.63) is 23.8 Å². The zero-order valence-electron chi connectivity index (χ0n) is 11.7. The number of nitrogens with one attached hydrogen (secondary N) is 2. The fourth-order valence-corrected chi connectivity index (χ4v) is 2.61. The van der Waals surface area contributed by atoms with E-state index in [4.69, 9.17) is 0 Å². The maximum absolute atomic E-state index is 13.5. The van der Waals surface area contributed by atoms with Gasteiger partial charge in [0.15, 0.2) is 17.4 Å². The Morgan fingerprint density at radius 3 is 2.62 bits per heavy atom. The van der Waals surface area contributed by atoms with Crippen LogP contribution in [0.25, 0.3) is 0 Å². The molecule has 0 heterocycles. The minimum absolute atomic E-state index is 0.00171. The van der Waals surface area contributed by atoms with Crippen LogP contribution >= 0.6 is 0 Å². The fourth-order valence-electron chi connectivity index (χ4n) is 2.61. The van der Waals surface area contributed by atoms with E-state index in [1.165, 1.54) is 0 Å². The lowest BCUT2D eigenvalue weighted by Crippen LogP contribution is -2.41. The summed E-state index contributed by atoms with van der Waals surface area (Å²) in [6.07, 6.45) is 2.57. The number of carbonyl (C=O) groups is 1. The van der Waals surface area contributed by atoms with Gasteiger partial charge in [0.1, 0.15) is 0 Å². The van der Waals surface area contributed by atoms with Gasteiger partial charge in [-0.05, 0) is 12.8 Å². The summed E-state index contributed by atoms with van der Waals surface area (Å²) in [5, 5.41) is 14.3. The van der Waals surface area contributed by atoms with Crippen molar-refractivity contribution in [2.24, 2.45) is 5.92 Å². The molecule has 0 aromatic heterocycles. The van der Waals surface area contributed by atoms with Gasteiger partial charge in [0, 0.05) is 36.4 Å². The molecule has 1 fully saturated rings. The highest BCUT2D eigenvalue weighted by molar-refractivity contribution is 5.89. The SMILES string of the molecule is COc1c(F)cc(NC(=O)N[C@@H]2CCC[C@@H]2CO)cc1F. The van der Waals surface area contributed by atoms with Crippen molar-refractivity contribution >= 4 is 11.7 Å². The maximum Gasteiger partial charge on any atom is 0.319 e. The molecule has 0 unspecified atom stereocenters. The number of carbonyl (C=O) groups excluding carboxylic acids is 1. The third kappa shape index (κ3) is 3.60. The average Bonchev–Trinajstić information content (AvgIpc) is 2.85. The Kier molecular flexibility index (Phi) is 4.95. The van der Waals surface area contributed by atoms with E-state index in [9.17, 15) is 18.7 Å². The van der Waals surface area contributed by atoms with Crippen LogP contribution in [0.15, 0.2) is 12.1 Å². The van der Waals surface area contributed by atoms with Gasteiger partial charge in [-0.1, -0.05) is 6.42 Å². The summed E-state index contributed by atoms with van der Waals surface area (Å²) >= 11 is 0. The van der Waals surface area contributed by atoms with E-state index in [0.717, 1.165) is 38.5 Å². The van der Waals surface area contributed by atoms with E-state index < -0.39 is 23.4 Å². The van der Waals surface area contributed by atoms with E-state index in [1.807, 2.05) is 0 Å². The van der Waals surface area contributed by atoms with Crippen LogP contribution in [-0.2, 0) is 0 Å². The first-order valence-corrected chi connectivity index (χ1v) is 6.76. The number of aliphatic hydroxyl groups is 1. The topological polar surface area (TPSA) is 70.6 Å². The van der Waals surface area contributed by atoms with Gasteiger partial charge in [-0.2, -0.15) is 0 Å². The molecule has 2 rings (SSSR count). The Balaban J connectivity index is 2.00. The summed E-state index contributed by atoms with van der Waals surface area (Å²) in [5.41, 5.74) is 0.00171. The second kappa shape index (κ2) is 6.71. The largest absolute Gasteiger partial charge is 0.491 e. The van der Waals surface area contributed by atoms with Crippen molar-refractivity contribution in [2.75, 3.05) is 19.0 Å². The molecule has 0 spiro atoms. The summed E-state index contributed by atoms with van der Waals surface area (Å²) in [7, 11) is 1.16. The molecule has 1 saturated carbocycles. The van der Waals surface area contributed by atoms with Crippen LogP contribution in [0.1, 0.15) is 19.3 Å². The smallest absolute Gasteiger partial charge is 0.319 e. The monoisotopic (exact) mass is 300 g/mol. The molecule has 116 valence electrons. The van der Waals surface area contributed by atoms with Gasteiger partial charge in [0.05, 0.1) is 7.11 Å². The number of ether oxygens (including phenoxy) is 1. The van der Waals surface area contributed by atoms with Gasteiger partial charge in [-0.3, -0.25) is 0 Å². The van der Waals surface area contributed by atoms with E-state index >= 15 is 0 Å². The van der Waals surface area contributed by atoms with Gasteiger partial charge in [-0.25, -0.2) is 13.6 Å². The van der Waals surface area contributed by atoms with E-state index in [2.05, 4.69) is 15.4 Å². The zero-order valence-corrected chi connectivity index (χ0v) is 11.7. The minimum Gasteiger partial charge on any atom is -0.491 e. The lowest BCUT2D eigenvalue weighted by molar-refractivity contribution is 0.203. The Morgan fingerprint density at radius 1 is 1.38 bits per heavy atom. The molecular formula is C14H18F2N2O3. The quantitative estimate of drug-likeness (QED) is 0.799. The van der Waals surface area contributed by atoms with Crippen molar-refractivity contribution in [3.8, 4) is 5.75 Å². The summed E-state index contributed by atoms with van der Waals surface area (Å²) in [6.45, 7) is 0.0107. The first-order valence-electron chi connectivity index (χ1n) is 6.76. The number of hydrogen-bond acceptors (Lipinski definition) is 3. The number of rotatable bonds is 4. The molecule has 7 heteroatoms. The number of hydrogen-bond donors (Lipinski definition) is 3. The second-order valence-corrected chi connectivity index (χ2v) is 5.05. The summed E-state index contributed by atoms with van der Waals surface area (Å²) < 4.78 is 31.6. The lowest BCUT2D eigenvalue weighted by Gasteiger charge is -2.19. The van der Waals surface area contributed by atoms with Crippen LogP contribution < -0.4 is 15.4 Å². The number of aliphatic hydroxyl groups excluding tert-OH is 1. The van der Waals surface area contributed by atoms with Gasteiger partial charge < -0.3 is 20.5 Å². The first-order chi connectivity index (χ1) is 10.0. The Morgan fingerprint density at radius 2 is 2.05 bits per heavy atom. The van der Waals surface area contributed by atoms with E-state index in [0.29, 0.717) is 0 Å². The normalized spacial score (nSPS) is 21.1. The van der Waals surface area contributed by atoms with Crippen molar-refractivity contribution in [1.82, 2.24) is 5.32 Å². The molecule has 1 aromatic rings. The molecule has 3 N–H and O–H groups in total. The lowest BCUT2D eigenvalue weighted by atomic mass is 10.1. The third-order valence-corrected chi connectivity index (χ3v) is 3.67. The van der Waals surface area contributed by atoms with Crippen molar-refractivity contribution in [3.63, 3.8) is 0 Å². The van der Waals surface area contributed by atoms with Gasteiger partial charge in [0.2, 0.25) is 0 Å². The van der Waals surface area contributed by atoms with E-state index in [1.54, 1.807) is 0 Å². The predicted octanol–water partition coefficient (Wildman–Crippen LogP) is 2.26. The highest BCUT2D eigenvalue weighted by Gasteiger charge is 2.27. The number of amides is 2. The molecular weight excluding hydrogens is 282 g/mol. The van der Waals surface area contributed by atoms with Crippen LogP contribution in [0.5, 0.6) is 5.75 Å². The first kappa shape index (κ1) is 15.5. The van der Waals surface area contributed by atoms with Gasteiger partial charge in [-0.15, -0.1) is 0 Å². The number of anilines is 1. The van der Waals surface area contributed by atoms with Crippen LogP contribution in [0, 0.1) is 17.6 Å². The highest BCUT2D eigenvalue weighted by Crippen LogP contribution is 2.26. The highest BCUT2D eigenvalue weighted by atomic mass is 19.1. The van der Waals surface area contributed by atoms with E-state index in [-0.39, 0.29) is 24.3 Å². The summed E-state index contributed by atoms with van der Waals surface area (Å²) in [6, 6.07) is 1.30. The molecule has 0 bridgehead atoms. The molecule has 2 atom stereocenters. The molecule has 1 aliphatic carbocycles. The molecule has 5 nitrogen and oxygen atoms in total. The number of halogens is 2. The predicted molar refractivity (Wildman–Crippen MR) is 73.3 cm³/mol. The van der Waals surface area contributed by atoms with Crippen LogP contribution in [0.3, 0.4) is 0 Å². The molecule has 1 aliphatic rings. The number of urea groups is 1. The third-order valence-electron chi connectivity index (χ3n) is 3.67. The molecule has 21 heavy (non-hydrogen) atoms.